The van der Waals surface area contributed by atoms with Crippen LogP contribution >= 0.6 is 0 Å². The van der Waals surface area contributed by atoms with Gasteiger partial charge in [-0.05, 0) is 75.1 Å². The van der Waals surface area contributed by atoms with Gasteiger partial charge in [-0.1, -0.05) is 30.3 Å². The average Bonchev–Trinajstić information content (AvgIpc) is 3.44. The normalized spacial score (nSPS) is 17.6. The molecular formula is C32H34N2O6. The zero-order chi connectivity index (χ0) is 28.1. The number of rotatable bonds is 8. The Morgan fingerprint density at radius 1 is 0.950 bits per heavy atom. The van der Waals surface area contributed by atoms with Crippen LogP contribution in [0.1, 0.15) is 67.3 Å². The van der Waals surface area contributed by atoms with E-state index in [1.807, 2.05) is 59.5 Å². The van der Waals surface area contributed by atoms with E-state index in [4.69, 9.17) is 13.9 Å². The third kappa shape index (κ3) is 5.96. The van der Waals surface area contributed by atoms with Gasteiger partial charge in [0.1, 0.15) is 17.3 Å². The Labute approximate surface area is 234 Å². The van der Waals surface area contributed by atoms with E-state index in [-0.39, 0.29) is 37.1 Å². The number of ether oxygens (including phenoxy) is 2. The molecule has 2 aromatic carbocycles. The van der Waals surface area contributed by atoms with Gasteiger partial charge in [0.25, 0.3) is 5.91 Å². The average molecular weight is 543 g/mol. The molecule has 2 aliphatic heterocycles. The molecule has 208 valence electrons. The minimum Gasteiger partial charge on any atom is -0.463 e. The summed E-state index contributed by atoms with van der Waals surface area (Å²) in [6.45, 7) is 5.29. The van der Waals surface area contributed by atoms with Crippen molar-refractivity contribution in [3.05, 3.63) is 95.1 Å². The smallest absolute Gasteiger partial charge is 0.336 e. The molecule has 0 N–H and O–H groups in total. The molecule has 5 rings (SSSR count). The van der Waals surface area contributed by atoms with E-state index in [1.165, 1.54) is 0 Å². The molecule has 8 heteroatoms. The molecule has 3 heterocycles. The molecule has 0 unspecified atom stereocenters. The summed E-state index contributed by atoms with van der Waals surface area (Å²) in [6.07, 6.45) is 3.19. The molecule has 2 aliphatic rings. The van der Waals surface area contributed by atoms with Crippen LogP contribution in [0, 0.1) is 0 Å². The van der Waals surface area contributed by atoms with Crippen LogP contribution in [0.15, 0.2) is 82.4 Å². The van der Waals surface area contributed by atoms with Gasteiger partial charge in [0.15, 0.2) is 5.76 Å². The lowest BCUT2D eigenvalue weighted by atomic mass is 9.83. The number of allylic oxidation sites excluding steroid dienone is 1. The predicted molar refractivity (Wildman–Crippen MR) is 149 cm³/mol. The molecule has 1 atom stereocenters. The van der Waals surface area contributed by atoms with Crippen LogP contribution in [0.2, 0.25) is 0 Å². The Bertz CT molecular complexity index is 1400. The number of hydrogen-bond acceptors (Lipinski definition) is 6. The highest BCUT2D eigenvalue weighted by Gasteiger charge is 2.37. The topological polar surface area (TPSA) is 89.3 Å². The van der Waals surface area contributed by atoms with Crippen molar-refractivity contribution in [3.8, 4) is 11.5 Å². The van der Waals surface area contributed by atoms with Gasteiger partial charge in [0.2, 0.25) is 5.91 Å². The zero-order valence-electron chi connectivity index (χ0n) is 22.9. The Morgan fingerprint density at radius 3 is 2.45 bits per heavy atom. The van der Waals surface area contributed by atoms with Crippen molar-refractivity contribution in [2.45, 2.75) is 52.0 Å². The molecule has 1 fully saturated rings. The van der Waals surface area contributed by atoms with Crippen LogP contribution in [0.4, 0.5) is 0 Å². The van der Waals surface area contributed by atoms with E-state index in [9.17, 15) is 14.4 Å². The van der Waals surface area contributed by atoms with Gasteiger partial charge in [-0.25, -0.2) is 4.79 Å². The summed E-state index contributed by atoms with van der Waals surface area (Å²) in [5, 5.41) is 0. The summed E-state index contributed by atoms with van der Waals surface area (Å²) in [5.41, 5.74) is 1.72. The summed E-state index contributed by atoms with van der Waals surface area (Å²) >= 11 is 0. The van der Waals surface area contributed by atoms with Crippen LogP contribution in [0.3, 0.4) is 0 Å². The number of para-hydroxylation sites is 1. The number of likely N-dealkylation sites (tertiary alicyclic amines) is 1. The fraction of sp³-hybridized carbons (Fsp3) is 0.344. The van der Waals surface area contributed by atoms with Gasteiger partial charge in [-0.15, -0.1) is 0 Å². The van der Waals surface area contributed by atoms with Gasteiger partial charge in [0.05, 0.1) is 18.7 Å². The van der Waals surface area contributed by atoms with Crippen LogP contribution in [0.25, 0.3) is 0 Å². The molecule has 0 aliphatic carbocycles. The quantitative estimate of drug-likeness (QED) is 0.322. The number of benzene rings is 2. The van der Waals surface area contributed by atoms with Gasteiger partial charge < -0.3 is 23.7 Å². The molecule has 0 radical (unpaired) electrons. The first-order valence-corrected chi connectivity index (χ1v) is 13.8. The van der Waals surface area contributed by atoms with Crippen molar-refractivity contribution in [2.75, 3.05) is 19.7 Å². The fourth-order valence-electron chi connectivity index (χ4n) is 5.37. The molecular weight excluding hydrogens is 508 g/mol. The number of furan rings is 1. The Balaban J connectivity index is 1.40. The van der Waals surface area contributed by atoms with E-state index in [0.717, 1.165) is 37.9 Å². The van der Waals surface area contributed by atoms with Crippen molar-refractivity contribution < 1.29 is 28.3 Å². The fourth-order valence-corrected chi connectivity index (χ4v) is 5.37. The summed E-state index contributed by atoms with van der Waals surface area (Å²) in [5.74, 6) is 0.820. The monoisotopic (exact) mass is 542 g/mol. The second-order valence-electron chi connectivity index (χ2n) is 10.1. The standard InChI is InChI=1S/C32H34N2O6/c1-3-38-32(37)30-22(2)34(21-26-15-16-28(40-26)31(36)33-17-8-5-9-18-33)29(35)20-27(30)23-11-10-14-25(19-23)39-24-12-6-4-7-13-24/h4,6-7,10-16,19,27H,3,5,8-9,17-18,20-21H2,1-2H3/t27-/m0/s1. The molecule has 40 heavy (non-hydrogen) atoms. The van der Waals surface area contributed by atoms with Crippen LogP contribution in [-0.2, 0) is 20.9 Å². The first kappa shape index (κ1) is 27.2. The lowest BCUT2D eigenvalue weighted by Gasteiger charge is -2.34. The molecule has 0 spiro atoms. The third-order valence-electron chi connectivity index (χ3n) is 7.39. The van der Waals surface area contributed by atoms with E-state index >= 15 is 0 Å². The zero-order valence-corrected chi connectivity index (χ0v) is 22.9. The maximum absolute atomic E-state index is 13.5. The first-order chi connectivity index (χ1) is 19.4. The number of nitrogens with zero attached hydrogens (tertiary/aromatic N) is 2. The van der Waals surface area contributed by atoms with Crippen LogP contribution < -0.4 is 4.74 Å². The van der Waals surface area contributed by atoms with Crippen molar-refractivity contribution >= 4 is 17.8 Å². The van der Waals surface area contributed by atoms with Crippen molar-refractivity contribution in [3.63, 3.8) is 0 Å². The Hall–Kier alpha value is -4.33. The second kappa shape index (κ2) is 12.2. The molecule has 2 amide bonds. The predicted octanol–water partition coefficient (Wildman–Crippen LogP) is 6.05. The van der Waals surface area contributed by atoms with Crippen molar-refractivity contribution in [1.82, 2.24) is 9.80 Å². The van der Waals surface area contributed by atoms with E-state index in [1.54, 1.807) is 30.9 Å². The maximum Gasteiger partial charge on any atom is 0.336 e. The highest BCUT2D eigenvalue weighted by molar-refractivity contribution is 5.96. The largest absolute Gasteiger partial charge is 0.463 e. The van der Waals surface area contributed by atoms with Crippen molar-refractivity contribution in [1.29, 1.82) is 0 Å². The maximum atomic E-state index is 13.5. The molecule has 8 nitrogen and oxygen atoms in total. The molecule has 0 bridgehead atoms. The summed E-state index contributed by atoms with van der Waals surface area (Å²) < 4.78 is 17.3. The number of hydrogen-bond donors (Lipinski definition) is 0. The molecule has 0 saturated carbocycles. The SMILES string of the molecule is CCOC(=O)C1=C(C)N(Cc2ccc(C(=O)N3CCCCC3)o2)C(=O)C[C@H]1c1cccc(Oc2ccccc2)c1. The lowest BCUT2D eigenvalue weighted by Crippen LogP contribution is -2.38. The van der Waals surface area contributed by atoms with E-state index in [2.05, 4.69) is 0 Å². The van der Waals surface area contributed by atoms with Gasteiger partial charge in [-0.3, -0.25) is 9.59 Å². The number of esters is 1. The summed E-state index contributed by atoms with van der Waals surface area (Å²) in [6, 6.07) is 20.3. The molecule has 1 aromatic heterocycles. The van der Waals surface area contributed by atoms with Gasteiger partial charge >= 0.3 is 5.97 Å². The van der Waals surface area contributed by atoms with Gasteiger partial charge in [0, 0.05) is 31.1 Å². The van der Waals surface area contributed by atoms with Crippen LogP contribution in [-0.4, -0.2) is 47.3 Å². The summed E-state index contributed by atoms with van der Waals surface area (Å²) in [7, 11) is 0. The van der Waals surface area contributed by atoms with E-state index in [0.29, 0.717) is 28.5 Å². The van der Waals surface area contributed by atoms with Crippen molar-refractivity contribution in [2.24, 2.45) is 0 Å². The second-order valence-corrected chi connectivity index (χ2v) is 10.1. The molecule has 1 saturated heterocycles. The lowest BCUT2D eigenvalue weighted by molar-refractivity contribution is -0.140. The number of carbonyl (C=O) groups excluding carboxylic acids is 3. The highest BCUT2D eigenvalue weighted by Crippen LogP contribution is 2.39. The minimum atomic E-state index is -0.491. The Kier molecular flexibility index (Phi) is 8.34. The molecule has 3 aromatic rings. The third-order valence-corrected chi connectivity index (χ3v) is 7.39. The highest BCUT2D eigenvalue weighted by atomic mass is 16.5. The first-order valence-electron chi connectivity index (χ1n) is 13.8. The van der Waals surface area contributed by atoms with E-state index < -0.39 is 11.9 Å². The summed E-state index contributed by atoms with van der Waals surface area (Å²) in [4.78, 5) is 42.9. The minimum absolute atomic E-state index is 0.0839. The number of piperidine rings is 1. The number of carbonyl (C=O) groups is 3. The van der Waals surface area contributed by atoms with Gasteiger partial charge in [-0.2, -0.15) is 0 Å². The number of amides is 2. The Morgan fingerprint density at radius 2 is 1.70 bits per heavy atom. The van der Waals surface area contributed by atoms with Crippen LogP contribution in [0.5, 0.6) is 11.5 Å².